The van der Waals surface area contributed by atoms with Gasteiger partial charge < -0.3 is 9.47 Å². The van der Waals surface area contributed by atoms with E-state index in [0.29, 0.717) is 17.3 Å². The third-order valence-corrected chi connectivity index (χ3v) is 5.44. The molecule has 0 saturated heterocycles. The second kappa shape index (κ2) is 7.08. The Morgan fingerprint density at radius 3 is 2.40 bits per heavy atom. The van der Waals surface area contributed by atoms with Crippen molar-refractivity contribution >= 4 is 26.7 Å². The summed E-state index contributed by atoms with van der Waals surface area (Å²) in [5.41, 5.74) is 0.815. The summed E-state index contributed by atoms with van der Waals surface area (Å²) in [5.74, 6) is 1.24. The molecule has 0 radical (unpaired) electrons. The lowest BCUT2D eigenvalue weighted by Gasteiger charge is -2.10. The Morgan fingerprint density at radius 1 is 1.00 bits per heavy atom. The lowest BCUT2D eigenvalue weighted by Crippen LogP contribution is -2.13. The van der Waals surface area contributed by atoms with Gasteiger partial charge in [0.1, 0.15) is 0 Å². The molecule has 0 amide bonds. The zero-order chi connectivity index (χ0) is 17.9. The first-order valence-electron chi connectivity index (χ1n) is 7.17. The number of nitrogens with one attached hydrogen (secondary N) is 1. The minimum absolute atomic E-state index is 0.0432. The largest absolute Gasteiger partial charge is 0.493 e. The summed E-state index contributed by atoms with van der Waals surface area (Å²) in [4.78, 5) is 4.27. The van der Waals surface area contributed by atoms with Gasteiger partial charge in [0.25, 0.3) is 10.0 Å². The van der Waals surface area contributed by atoms with Gasteiger partial charge in [0.15, 0.2) is 17.3 Å². The Labute approximate surface area is 149 Å². The van der Waals surface area contributed by atoms with Crippen molar-refractivity contribution in [1.29, 1.82) is 0 Å². The zero-order valence-electron chi connectivity index (χ0n) is 13.5. The molecule has 7 nitrogen and oxygen atoms in total. The van der Waals surface area contributed by atoms with Crippen molar-refractivity contribution in [2.45, 2.75) is 4.90 Å². The van der Waals surface area contributed by atoms with Crippen LogP contribution in [0.2, 0.25) is 0 Å². The van der Waals surface area contributed by atoms with Crippen LogP contribution in [0.5, 0.6) is 11.5 Å². The first-order valence-corrected chi connectivity index (χ1v) is 9.43. The number of sulfonamides is 1. The van der Waals surface area contributed by atoms with Gasteiger partial charge in [0.05, 0.1) is 19.1 Å². The van der Waals surface area contributed by atoms with Crippen LogP contribution < -0.4 is 14.2 Å². The van der Waals surface area contributed by atoms with Crippen LogP contribution in [0.1, 0.15) is 0 Å². The Bertz CT molecular complexity index is 972. The predicted octanol–water partition coefficient (Wildman–Crippen LogP) is 3.02. The third kappa shape index (κ3) is 3.72. The summed E-state index contributed by atoms with van der Waals surface area (Å²) in [6, 6.07) is 13.7. The minimum Gasteiger partial charge on any atom is -0.493 e. The van der Waals surface area contributed by atoms with E-state index in [4.69, 9.17) is 9.47 Å². The van der Waals surface area contributed by atoms with Gasteiger partial charge in [-0.1, -0.05) is 30.3 Å². The Kier molecular flexibility index (Phi) is 4.86. The van der Waals surface area contributed by atoms with Crippen molar-refractivity contribution < 1.29 is 17.9 Å². The van der Waals surface area contributed by atoms with Crippen molar-refractivity contribution in [2.24, 2.45) is 0 Å². The maximum atomic E-state index is 12.5. The standard InChI is InChI=1S/C16H15N3O4S2/c1-22-13-9-8-12(10-14(13)23-2)25(20,21)19-16-17-15(18-24-16)11-6-4-3-5-7-11/h3-10H,1-2H3,(H,17,18,19). The van der Waals surface area contributed by atoms with Crippen LogP contribution in [0, 0.1) is 0 Å². The fourth-order valence-electron chi connectivity index (χ4n) is 2.13. The average molecular weight is 377 g/mol. The first-order chi connectivity index (χ1) is 12.0. The Hall–Kier alpha value is -2.65. The van der Waals surface area contributed by atoms with Gasteiger partial charge in [-0.3, -0.25) is 4.72 Å². The van der Waals surface area contributed by atoms with E-state index < -0.39 is 10.0 Å². The van der Waals surface area contributed by atoms with Gasteiger partial charge in [0.2, 0.25) is 5.13 Å². The molecule has 3 aromatic rings. The van der Waals surface area contributed by atoms with E-state index in [0.717, 1.165) is 17.1 Å². The van der Waals surface area contributed by atoms with Crippen molar-refractivity contribution in [3.8, 4) is 22.9 Å². The number of anilines is 1. The molecule has 0 atom stereocenters. The molecule has 3 rings (SSSR count). The highest BCUT2D eigenvalue weighted by Crippen LogP contribution is 2.30. The van der Waals surface area contributed by atoms with Gasteiger partial charge in [-0.2, -0.15) is 9.36 Å². The molecule has 1 aromatic heterocycles. The number of hydrogen-bond donors (Lipinski definition) is 1. The van der Waals surface area contributed by atoms with Crippen LogP contribution in [0.3, 0.4) is 0 Å². The molecule has 0 aliphatic carbocycles. The van der Waals surface area contributed by atoms with E-state index >= 15 is 0 Å². The monoisotopic (exact) mass is 377 g/mol. The highest BCUT2D eigenvalue weighted by Gasteiger charge is 2.19. The molecule has 0 bridgehead atoms. The van der Waals surface area contributed by atoms with Crippen LogP contribution in [-0.2, 0) is 10.0 Å². The Morgan fingerprint density at radius 2 is 1.72 bits per heavy atom. The highest BCUT2D eigenvalue weighted by atomic mass is 32.2. The normalized spacial score (nSPS) is 11.1. The minimum atomic E-state index is -3.82. The smallest absolute Gasteiger partial charge is 0.263 e. The van der Waals surface area contributed by atoms with E-state index in [9.17, 15) is 8.42 Å². The van der Waals surface area contributed by atoms with E-state index in [2.05, 4.69) is 14.1 Å². The molecule has 130 valence electrons. The topological polar surface area (TPSA) is 90.4 Å². The van der Waals surface area contributed by atoms with Crippen LogP contribution in [0.25, 0.3) is 11.4 Å². The van der Waals surface area contributed by atoms with Crippen molar-refractivity contribution in [3.05, 3.63) is 48.5 Å². The molecule has 0 aliphatic rings. The molecule has 2 aromatic carbocycles. The molecule has 1 N–H and O–H groups in total. The van der Waals surface area contributed by atoms with E-state index in [1.807, 2.05) is 30.3 Å². The number of benzene rings is 2. The third-order valence-electron chi connectivity index (χ3n) is 3.34. The van der Waals surface area contributed by atoms with Gasteiger partial charge in [-0.25, -0.2) is 8.42 Å². The summed E-state index contributed by atoms with van der Waals surface area (Å²) in [6.07, 6.45) is 0. The number of rotatable bonds is 6. The van der Waals surface area contributed by atoms with Crippen LogP contribution in [-0.4, -0.2) is 32.0 Å². The van der Waals surface area contributed by atoms with Crippen LogP contribution >= 0.6 is 11.5 Å². The van der Waals surface area contributed by atoms with E-state index in [1.165, 1.54) is 32.4 Å². The fraction of sp³-hybridized carbons (Fsp3) is 0.125. The highest BCUT2D eigenvalue weighted by molar-refractivity contribution is 7.93. The first kappa shape index (κ1) is 17.2. The van der Waals surface area contributed by atoms with Crippen LogP contribution in [0.15, 0.2) is 53.4 Å². The molecule has 1 heterocycles. The summed E-state index contributed by atoms with van der Waals surface area (Å²) in [7, 11) is -0.892. The SMILES string of the molecule is COc1ccc(S(=O)(=O)Nc2nc(-c3ccccc3)ns2)cc1OC. The van der Waals surface area contributed by atoms with E-state index in [-0.39, 0.29) is 10.0 Å². The average Bonchev–Trinajstić information content (AvgIpc) is 3.09. The summed E-state index contributed by atoms with van der Waals surface area (Å²) in [5, 5.41) is 0.189. The molecule has 0 aliphatic heterocycles. The van der Waals surface area contributed by atoms with Gasteiger partial charge >= 0.3 is 0 Å². The molecule has 0 fully saturated rings. The quantitative estimate of drug-likeness (QED) is 0.710. The molecule has 25 heavy (non-hydrogen) atoms. The van der Waals surface area contributed by atoms with Gasteiger partial charge in [0, 0.05) is 23.2 Å². The molecule has 0 spiro atoms. The molecular weight excluding hydrogens is 362 g/mol. The fourth-order valence-corrected chi connectivity index (χ4v) is 3.95. The molecule has 9 heteroatoms. The number of aromatic nitrogens is 2. The second-order valence-corrected chi connectivity index (χ2v) is 7.35. The molecule has 0 unspecified atom stereocenters. The lowest BCUT2D eigenvalue weighted by atomic mass is 10.2. The maximum Gasteiger partial charge on any atom is 0.263 e. The van der Waals surface area contributed by atoms with E-state index in [1.54, 1.807) is 0 Å². The molecule has 0 saturated carbocycles. The van der Waals surface area contributed by atoms with Gasteiger partial charge in [-0.15, -0.1) is 0 Å². The summed E-state index contributed by atoms with van der Waals surface area (Å²) in [6.45, 7) is 0. The number of nitrogens with zero attached hydrogens (tertiary/aromatic N) is 2. The summed E-state index contributed by atoms with van der Waals surface area (Å²) < 4.78 is 42.0. The van der Waals surface area contributed by atoms with Crippen molar-refractivity contribution in [3.63, 3.8) is 0 Å². The number of hydrogen-bond acceptors (Lipinski definition) is 7. The van der Waals surface area contributed by atoms with Crippen molar-refractivity contribution in [1.82, 2.24) is 9.36 Å². The zero-order valence-corrected chi connectivity index (χ0v) is 15.1. The summed E-state index contributed by atoms with van der Waals surface area (Å²) >= 11 is 0.976. The maximum absolute atomic E-state index is 12.5. The second-order valence-electron chi connectivity index (χ2n) is 4.91. The lowest BCUT2D eigenvalue weighted by molar-refractivity contribution is 0.354. The van der Waals surface area contributed by atoms with Gasteiger partial charge in [-0.05, 0) is 12.1 Å². The Balaban J connectivity index is 1.86. The predicted molar refractivity (Wildman–Crippen MR) is 95.7 cm³/mol. The number of methoxy groups -OCH3 is 2. The molecular formula is C16H15N3O4S2. The van der Waals surface area contributed by atoms with Crippen LogP contribution in [0.4, 0.5) is 5.13 Å². The number of ether oxygens (including phenoxy) is 2. The van der Waals surface area contributed by atoms with Crippen molar-refractivity contribution in [2.75, 3.05) is 18.9 Å².